The lowest BCUT2D eigenvalue weighted by Gasteiger charge is -2.35. The molecule has 1 N–H and O–H groups in total. The van der Waals surface area contributed by atoms with Crippen molar-refractivity contribution in [3.8, 4) is 22.6 Å². The van der Waals surface area contributed by atoms with Crippen molar-refractivity contribution in [1.82, 2.24) is 0 Å². The molecule has 5 rings (SSSR count). The molecule has 1 aliphatic carbocycles. The first-order valence-electron chi connectivity index (χ1n) is 14.0. The number of carboxylic acids is 1. The summed E-state index contributed by atoms with van der Waals surface area (Å²) in [6, 6.07) is 23.4. The summed E-state index contributed by atoms with van der Waals surface area (Å²) in [6.07, 6.45) is 5.60. The summed E-state index contributed by atoms with van der Waals surface area (Å²) >= 11 is 0. The number of benzene rings is 3. The molecule has 0 radical (unpaired) electrons. The highest BCUT2D eigenvalue weighted by molar-refractivity contribution is 5.80. The summed E-state index contributed by atoms with van der Waals surface area (Å²) in [4.78, 5) is 13.9. The van der Waals surface area contributed by atoms with Crippen molar-refractivity contribution in [2.24, 2.45) is 11.8 Å². The van der Waals surface area contributed by atoms with Crippen LogP contribution in [0.25, 0.3) is 11.1 Å². The molecular formula is C33H39NO4. The van der Waals surface area contributed by atoms with E-state index in [4.69, 9.17) is 9.47 Å². The van der Waals surface area contributed by atoms with E-state index in [1.165, 1.54) is 22.4 Å². The van der Waals surface area contributed by atoms with Crippen molar-refractivity contribution in [1.29, 1.82) is 0 Å². The molecule has 1 unspecified atom stereocenters. The molecule has 2 aliphatic rings. The second-order valence-corrected chi connectivity index (χ2v) is 10.8. The number of hydrogen-bond donors (Lipinski definition) is 1. The average molecular weight is 514 g/mol. The molecule has 200 valence electrons. The zero-order chi connectivity index (χ0) is 26.5. The van der Waals surface area contributed by atoms with Crippen LogP contribution in [0.3, 0.4) is 0 Å². The maximum atomic E-state index is 11.4. The van der Waals surface area contributed by atoms with Gasteiger partial charge in [0.2, 0.25) is 0 Å². The summed E-state index contributed by atoms with van der Waals surface area (Å²) in [7, 11) is 1.73. The van der Waals surface area contributed by atoms with Crippen molar-refractivity contribution < 1.29 is 19.4 Å². The van der Waals surface area contributed by atoms with Crippen molar-refractivity contribution in [2.75, 3.05) is 31.7 Å². The molecule has 1 saturated heterocycles. The molecule has 3 aromatic rings. The van der Waals surface area contributed by atoms with Crippen LogP contribution in [0.5, 0.6) is 11.5 Å². The minimum Gasteiger partial charge on any atom is -0.497 e. The van der Waals surface area contributed by atoms with Gasteiger partial charge in [-0.1, -0.05) is 43.3 Å². The molecule has 0 amide bonds. The van der Waals surface area contributed by atoms with E-state index in [1.54, 1.807) is 7.11 Å². The zero-order valence-corrected chi connectivity index (χ0v) is 22.6. The first-order chi connectivity index (χ1) is 18.5. The van der Waals surface area contributed by atoms with Crippen LogP contribution in [0.2, 0.25) is 0 Å². The van der Waals surface area contributed by atoms with Gasteiger partial charge in [0, 0.05) is 30.4 Å². The normalized spacial score (nSPS) is 16.7. The molecule has 1 saturated carbocycles. The first-order valence-corrected chi connectivity index (χ1v) is 14.0. The van der Waals surface area contributed by atoms with Gasteiger partial charge >= 0.3 is 5.97 Å². The third-order valence-electron chi connectivity index (χ3n) is 8.16. The van der Waals surface area contributed by atoms with E-state index in [2.05, 4.69) is 66.4 Å². The number of carboxylic acid groups (broad SMARTS) is 1. The predicted octanol–water partition coefficient (Wildman–Crippen LogP) is 7.19. The van der Waals surface area contributed by atoms with Crippen LogP contribution in [0.1, 0.15) is 56.1 Å². The fourth-order valence-electron chi connectivity index (χ4n) is 5.74. The van der Waals surface area contributed by atoms with Gasteiger partial charge in [-0.2, -0.15) is 0 Å². The van der Waals surface area contributed by atoms with Gasteiger partial charge in [0.15, 0.2) is 0 Å². The van der Waals surface area contributed by atoms with Gasteiger partial charge in [0.25, 0.3) is 0 Å². The van der Waals surface area contributed by atoms with Crippen LogP contribution < -0.4 is 14.4 Å². The number of ether oxygens (including phenoxy) is 2. The topological polar surface area (TPSA) is 59.0 Å². The van der Waals surface area contributed by atoms with Crippen molar-refractivity contribution in [2.45, 2.75) is 51.4 Å². The number of aryl methyl sites for hydroxylation is 1. The number of nitrogens with zero attached hydrogens (tertiary/aromatic N) is 1. The van der Waals surface area contributed by atoms with Crippen molar-refractivity contribution >= 4 is 11.7 Å². The molecule has 1 aliphatic heterocycles. The third-order valence-corrected chi connectivity index (χ3v) is 8.16. The smallest absolute Gasteiger partial charge is 0.303 e. The van der Waals surface area contributed by atoms with Crippen LogP contribution in [-0.4, -0.2) is 37.9 Å². The second kappa shape index (κ2) is 11.9. The fraction of sp³-hybridized carbons (Fsp3) is 0.424. The summed E-state index contributed by atoms with van der Waals surface area (Å²) in [5.41, 5.74) is 6.17. The minimum absolute atomic E-state index is 0.0920. The van der Waals surface area contributed by atoms with E-state index in [0.29, 0.717) is 18.4 Å². The highest BCUT2D eigenvalue weighted by Gasteiger charge is 2.34. The molecule has 1 atom stereocenters. The number of hydrogen-bond acceptors (Lipinski definition) is 4. The number of rotatable bonds is 11. The molecule has 5 heteroatoms. The fourth-order valence-corrected chi connectivity index (χ4v) is 5.74. The molecule has 3 aromatic carbocycles. The standard InChI is InChI=1S/C33H39NO4/c1-3-23-6-4-7-26(18-23)30-13-12-28(37-2)20-32(30)34-16-14-24(15-17-34)22-38-29-9-5-8-27(19-29)31(21-33(35)36)25-10-11-25/h4-9,12-13,18-20,24-25,31H,3,10-11,14-17,21-22H2,1-2H3,(H,35,36). The van der Waals surface area contributed by atoms with Gasteiger partial charge in [-0.15, -0.1) is 0 Å². The highest BCUT2D eigenvalue weighted by Crippen LogP contribution is 2.45. The summed E-state index contributed by atoms with van der Waals surface area (Å²) in [5, 5.41) is 9.36. The Hall–Kier alpha value is -3.47. The van der Waals surface area contributed by atoms with Crippen LogP contribution >= 0.6 is 0 Å². The van der Waals surface area contributed by atoms with Gasteiger partial charge in [-0.3, -0.25) is 4.79 Å². The molecule has 0 spiro atoms. The summed E-state index contributed by atoms with van der Waals surface area (Å²) in [5.74, 6) is 2.09. The zero-order valence-electron chi connectivity index (χ0n) is 22.6. The van der Waals surface area contributed by atoms with Crippen LogP contribution in [0, 0.1) is 11.8 Å². The molecule has 38 heavy (non-hydrogen) atoms. The van der Waals surface area contributed by atoms with Gasteiger partial charge in [-0.25, -0.2) is 0 Å². The van der Waals surface area contributed by atoms with Crippen LogP contribution in [-0.2, 0) is 11.2 Å². The molecule has 5 nitrogen and oxygen atoms in total. The average Bonchev–Trinajstić information content (AvgIpc) is 3.80. The largest absolute Gasteiger partial charge is 0.497 e. The Bertz CT molecular complexity index is 1240. The van der Waals surface area contributed by atoms with E-state index < -0.39 is 5.97 Å². The Labute approximate surface area is 226 Å². The molecule has 2 fully saturated rings. The molecule has 0 aromatic heterocycles. The Kier molecular flexibility index (Phi) is 8.21. The number of aliphatic carboxylic acids is 1. The number of methoxy groups -OCH3 is 1. The maximum Gasteiger partial charge on any atom is 0.303 e. The second-order valence-electron chi connectivity index (χ2n) is 10.8. The Morgan fingerprint density at radius 1 is 0.974 bits per heavy atom. The minimum atomic E-state index is -0.725. The Morgan fingerprint density at radius 3 is 2.47 bits per heavy atom. The van der Waals surface area contributed by atoms with Crippen LogP contribution in [0.15, 0.2) is 66.7 Å². The van der Waals surface area contributed by atoms with E-state index in [1.807, 2.05) is 12.1 Å². The molecule has 0 bridgehead atoms. The van der Waals surface area contributed by atoms with E-state index in [-0.39, 0.29) is 12.3 Å². The lowest BCUT2D eigenvalue weighted by atomic mass is 9.91. The number of carbonyl (C=O) groups is 1. The summed E-state index contributed by atoms with van der Waals surface area (Å²) < 4.78 is 11.8. The Morgan fingerprint density at radius 2 is 1.76 bits per heavy atom. The Balaban J connectivity index is 1.23. The van der Waals surface area contributed by atoms with E-state index in [9.17, 15) is 9.90 Å². The van der Waals surface area contributed by atoms with Gasteiger partial charge in [-0.05, 0) is 90.8 Å². The number of anilines is 1. The van der Waals surface area contributed by atoms with Gasteiger partial charge in [0.05, 0.1) is 20.1 Å². The quantitative estimate of drug-likeness (QED) is 0.294. The lowest BCUT2D eigenvalue weighted by molar-refractivity contribution is -0.137. The maximum absolute atomic E-state index is 11.4. The monoisotopic (exact) mass is 513 g/mol. The van der Waals surface area contributed by atoms with Gasteiger partial charge in [0.1, 0.15) is 11.5 Å². The molecular weight excluding hydrogens is 474 g/mol. The highest BCUT2D eigenvalue weighted by atomic mass is 16.5. The SMILES string of the molecule is CCc1cccc(-c2ccc(OC)cc2N2CCC(COc3cccc(C(CC(=O)O)C4CC4)c3)CC2)c1. The summed E-state index contributed by atoms with van der Waals surface area (Å²) in [6.45, 7) is 4.83. The van der Waals surface area contributed by atoms with Crippen molar-refractivity contribution in [3.63, 3.8) is 0 Å². The first kappa shape index (κ1) is 26.1. The van der Waals surface area contributed by atoms with E-state index >= 15 is 0 Å². The third kappa shape index (κ3) is 6.32. The van der Waals surface area contributed by atoms with Gasteiger partial charge < -0.3 is 19.5 Å². The van der Waals surface area contributed by atoms with Crippen molar-refractivity contribution in [3.05, 3.63) is 77.9 Å². The van der Waals surface area contributed by atoms with Crippen LogP contribution in [0.4, 0.5) is 5.69 Å². The molecule has 1 heterocycles. The lowest BCUT2D eigenvalue weighted by Crippen LogP contribution is -2.35. The van der Waals surface area contributed by atoms with E-state index in [0.717, 1.165) is 62.3 Å². The number of piperidine rings is 1. The predicted molar refractivity (Wildman–Crippen MR) is 152 cm³/mol.